The van der Waals surface area contributed by atoms with Crippen molar-refractivity contribution in [2.75, 3.05) is 12.3 Å². The summed E-state index contributed by atoms with van der Waals surface area (Å²) in [6.45, 7) is 4.94. The number of aromatic nitrogens is 2. The molecule has 1 aliphatic heterocycles. The molecule has 1 unspecified atom stereocenters. The molecule has 1 aromatic heterocycles. The summed E-state index contributed by atoms with van der Waals surface area (Å²) in [5.74, 6) is 2.29. The SMILES string of the molecule is Cc1nc(C2CCCS2)nc(C)c1CCCN. The molecule has 3 nitrogen and oxygen atoms in total. The van der Waals surface area contributed by atoms with Crippen LogP contribution in [0.1, 0.15) is 47.3 Å². The van der Waals surface area contributed by atoms with Gasteiger partial charge in [-0.3, -0.25) is 0 Å². The Kier molecular flexibility index (Phi) is 4.40. The van der Waals surface area contributed by atoms with E-state index in [9.17, 15) is 0 Å². The van der Waals surface area contributed by atoms with Crippen LogP contribution < -0.4 is 5.73 Å². The third-order valence-electron chi connectivity index (χ3n) is 3.29. The minimum absolute atomic E-state index is 0.524. The molecule has 1 atom stereocenters. The van der Waals surface area contributed by atoms with Crippen LogP contribution >= 0.6 is 11.8 Å². The molecular formula is C13H21N3S. The maximum Gasteiger partial charge on any atom is 0.141 e. The quantitative estimate of drug-likeness (QED) is 0.893. The number of hydrogen-bond donors (Lipinski definition) is 1. The Morgan fingerprint density at radius 3 is 2.53 bits per heavy atom. The Bertz CT molecular complexity index is 363. The van der Waals surface area contributed by atoms with Crippen molar-refractivity contribution < 1.29 is 0 Å². The summed E-state index contributed by atoms with van der Waals surface area (Å²) in [5, 5.41) is 0.524. The number of aryl methyl sites for hydroxylation is 2. The van der Waals surface area contributed by atoms with Crippen LogP contribution in [0.5, 0.6) is 0 Å². The van der Waals surface area contributed by atoms with Gasteiger partial charge < -0.3 is 5.73 Å². The molecule has 1 saturated heterocycles. The summed E-state index contributed by atoms with van der Waals surface area (Å²) < 4.78 is 0. The zero-order valence-electron chi connectivity index (χ0n) is 10.7. The number of hydrogen-bond acceptors (Lipinski definition) is 4. The largest absolute Gasteiger partial charge is 0.330 e. The van der Waals surface area contributed by atoms with Crippen molar-refractivity contribution in [1.82, 2.24) is 9.97 Å². The smallest absolute Gasteiger partial charge is 0.141 e. The lowest BCUT2D eigenvalue weighted by atomic mass is 10.1. The standard InChI is InChI=1S/C13H21N3S/c1-9-11(5-3-7-14)10(2)16-13(15-9)12-6-4-8-17-12/h12H,3-8,14H2,1-2H3. The van der Waals surface area contributed by atoms with Crippen LogP contribution in [0.4, 0.5) is 0 Å². The van der Waals surface area contributed by atoms with Crippen molar-refractivity contribution in [3.63, 3.8) is 0 Å². The van der Waals surface area contributed by atoms with Gasteiger partial charge in [0, 0.05) is 11.4 Å². The predicted molar refractivity (Wildman–Crippen MR) is 73.3 cm³/mol. The fourth-order valence-corrected chi connectivity index (χ4v) is 3.54. The molecule has 1 aliphatic rings. The van der Waals surface area contributed by atoms with Gasteiger partial charge in [-0.2, -0.15) is 11.8 Å². The van der Waals surface area contributed by atoms with Crippen molar-refractivity contribution in [3.05, 3.63) is 22.8 Å². The lowest BCUT2D eigenvalue weighted by molar-refractivity contribution is 0.744. The van der Waals surface area contributed by atoms with Crippen molar-refractivity contribution in [3.8, 4) is 0 Å². The third kappa shape index (κ3) is 2.99. The molecule has 4 heteroatoms. The van der Waals surface area contributed by atoms with Crippen LogP contribution in [0.3, 0.4) is 0 Å². The molecule has 0 saturated carbocycles. The van der Waals surface area contributed by atoms with Crippen molar-refractivity contribution >= 4 is 11.8 Å². The van der Waals surface area contributed by atoms with Gasteiger partial charge in [0.2, 0.25) is 0 Å². The summed E-state index contributed by atoms with van der Waals surface area (Å²) >= 11 is 1.99. The Morgan fingerprint density at radius 2 is 2.00 bits per heavy atom. The Labute approximate surface area is 108 Å². The van der Waals surface area contributed by atoms with Crippen LogP contribution in [-0.2, 0) is 6.42 Å². The van der Waals surface area contributed by atoms with Crippen LogP contribution in [-0.4, -0.2) is 22.3 Å². The highest BCUT2D eigenvalue weighted by atomic mass is 32.2. The first-order valence-corrected chi connectivity index (χ1v) is 7.43. The van der Waals surface area contributed by atoms with Gasteiger partial charge in [-0.05, 0) is 57.4 Å². The molecule has 0 aromatic carbocycles. The monoisotopic (exact) mass is 251 g/mol. The maximum atomic E-state index is 5.56. The first kappa shape index (κ1) is 12.8. The summed E-state index contributed by atoms with van der Waals surface area (Å²) in [6, 6.07) is 0. The van der Waals surface area contributed by atoms with Crippen molar-refractivity contribution in [2.24, 2.45) is 5.73 Å². The van der Waals surface area contributed by atoms with Crippen molar-refractivity contribution in [2.45, 2.75) is 44.8 Å². The van der Waals surface area contributed by atoms with Gasteiger partial charge in [0.1, 0.15) is 5.82 Å². The summed E-state index contributed by atoms with van der Waals surface area (Å²) in [7, 11) is 0. The van der Waals surface area contributed by atoms with E-state index < -0.39 is 0 Å². The van der Waals surface area contributed by atoms with Crippen LogP contribution in [0.25, 0.3) is 0 Å². The van der Waals surface area contributed by atoms with Gasteiger partial charge in [-0.15, -0.1) is 0 Å². The number of nitrogens with two attached hydrogens (primary N) is 1. The lowest BCUT2D eigenvalue weighted by Gasteiger charge is -2.13. The minimum atomic E-state index is 0.524. The average Bonchev–Trinajstić information content (AvgIpc) is 2.81. The topological polar surface area (TPSA) is 51.8 Å². The second-order valence-electron chi connectivity index (χ2n) is 4.63. The highest BCUT2D eigenvalue weighted by molar-refractivity contribution is 7.99. The molecule has 17 heavy (non-hydrogen) atoms. The predicted octanol–water partition coefficient (Wildman–Crippen LogP) is 2.55. The molecule has 0 amide bonds. The molecule has 2 heterocycles. The first-order valence-electron chi connectivity index (χ1n) is 6.38. The van der Waals surface area contributed by atoms with Gasteiger partial charge >= 0.3 is 0 Å². The molecule has 2 N–H and O–H groups in total. The van der Waals surface area contributed by atoms with E-state index in [1.807, 2.05) is 11.8 Å². The summed E-state index contributed by atoms with van der Waals surface area (Å²) in [6.07, 6.45) is 4.55. The minimum Gasteiger partial charge on any atom is -0.330 e. The third-order valence-corrected chi connectivity index (χ3v) is 4.66. The molecule has 94 valence electrons. The van der Waals surface area contributed by atoms with Gasteiger partial charge in [-0.25, -0.2) is 9.97 Å². The molecule has 0 spiro atoms. The Morgan fingerprint density at radius 1 is 1.29 bits per heavy atom. The van der Waals surface area contributed by atoms with Gasteiger partial charge in [0.25, 0.3) is 0 Å². The molecule has 0 bridgehead atoms. The van der Waals surface area contributed by atoms with E-state index in [-0.39, 0.29) is 0 Å². The lowest BCUT2D eigenvalue weighted by Crippen LogP contribution is -2.09. The van der Waals surface area contributed by atoms with E-state index in [0.29, 0.717) is 5.25 Å². The highest BCUT2D eigenvalue weighted by Gasteiger charge is 2.21. The van der Waals surface area contributed by atoms with Gasteiger partial charge in [0.15, 0.2) is 0 Å². The second-order valence-corrected chi connectivity index (χ2v) is 5.94. The number of rotatable bonds is 4. The van der Waals surface area contributed by atoms with E-state index in [1.54, 1.807) is 0 Å². The number of thioether (sulfide) groups is 1. The van der Waals surface area contributed by atoms with E-state index in [0.717, 1.165) is 36.6 Å². The Hall–Kier alpha value is -0.610. The highest BCUT2D eigenvalue weighted by Crippen LogP contribution is 2.38. The zero-order valence-corrected chi connectivity index (χ0v) is 11.5. The maximum absolute atomic E-state index is 5.56. The summed E-state index contributed by atoms with van der Waals surface area (Å²) in [4.78, 5) is 9.39. The first-order chi connectivity index (χ1) is 8.22. The Balaban J connectivity index is 2.21. The molecule has 0 radical (unpaired) electrons. The second kappa shape index (κ2) is 5.83. The number of nitrogens with zero attached hydrogens (tertiary/aromatic N) is 2. The van der Waals surface area contributed by atoms with E-state index >= 15 is 0 Å². The normalized spacial score (nSPS) is 19.8. The molecular weight excluding hydrogens is 230 g/mol. The van der Waals surface area contributed by atoms with E-state index in [2.05, 4.69) is 13.8 Å². The fraction of sp³-hybridized carbons (Fsp3) is 0.692. The van der Waals surface area contributed by atoms with E-state index in [1.165, 1.54) is 24.2 Å². The molecule has 2 rings (SSSR count). The average molecular weight is 251 g/mol. The fourth-order valence-electron chi connectivity index (χ4n) is 2.33. The van der Waals surface area contributed by atoms with Gasteiger partial charge in [0.05, 0.1) is 5.25 Å². The molecule has 1 fully saturated rings. The van der Waals surface area contributed by atoms with Crippen LogP contribution in [0, 0.1) is 13.8 Å². The molecule has 0 aliphatic carbocycles. The zero-order chi connectivity index (χ0) is 12.3. The van der Waals surface area contributed by atoms with Crippen molar-refractivity contribution in [1.29, 1.82) is 0 Å². The summed E-state index contributed by atoms with van der Waals surface area (Å²) in [5.41, 5.74) is 9.15. The van der Waals surface area contributed by atoms with Gasteiger partial charge in [-0.1, -0.05) is 0 Å². The van der Waals surface area contributed by atoms with Crippen LogP contribution in [0.2, 0.25) is 0 Å². The van der Waals surface area contributed by atoms with Crippen LogP contribution in [0.15, 0.2) is 0 Å². The van der Waals surface area contributed by atoms with E-state index in [4.69, 9.17) is 15.7 Å². The molecule has 1 aromatic rings.